The standard InChI is InChI=1S/C11H13F3N2O4S.ClH/c1-20-10(17)9-7(12)3-2-4-8(9)21(18,19)16-6-11(13,14)5-15;/h2-4,16H,5-6,15H2,1H3;1H. The summed E-state index contributed by atoms with van der Waals surface area (Å²) in [6.45, 7) is -2.34. The lowest BCUT2D eigenvalue weighted by Crippen LogP contribution is -2.41. The van der Waals surface area contributed by atoms with Crippen molar-refractivity contribution in [3.05, 3.63) is 29.6 Å². The number of ether oxygens (including phenoxy) is 1. The molecule has 0 aromatic heterocycles. The zero-order valence-corrected chi connectivity index (χ0v) is 12.9. The predicted octanol–water partition coefficient (Wildman–Crippen LogP) is 0.906. The van der Waals surface area contributed by atoms with Crippen molar-refractivity contribution in [2.24, 2.45) is 5.73 Å². The molecule has 0 bridgehead atoms. The molecule has 1 aromatic carbocycles. The van der Waals surface area contributed by atoms with Crippen molar-refractivity contribution in [1.82, 2.24) is 4.72 Å². The van der Waals surface area contributed by atoms with Crippen LogP contribution in [-0.4, -0.2) is 40.5 Å². The average Bonchev–Trinajstić information content (AvgIpc) is 2.44. The molecule has 0 fully saturated rings. The van der Waals surface area contributed by atoms with Gasteiger partial charge in [0.25, 0.3) is 5.92 Å². The summed E-state index contributed by atoms with van der Waals surface area (Å²) in [5.74, 6) is -5.85. The molecule has 126 valence electrons. The van der Waals surface area contributed by atoms with Crippen molar-refractivity contribution in [1.29, 1.82) is 0 Å². The number of hydrogen-bond acceptors (Lipinski definition) is 5. The van der Waals surface area contributed by atoms with E-state index in [9.17, 15) is 26.4 Å². The molecule has 11 heteroatoms. The number of halogens is 4. The van der Waals surface area contributed by atoms with Gasteiger partial charge in [0, 0.05) is 0 Å². The Bertz CT molecular complexity index is 640. The van der Waals surface area contributed by atoms with Crippen LogP contribution in [0.25, 0.3) is 0 Å². The Balaban J connectivity index is 0.00000441. The first-order valence-corrected chi connectivity index (χ1v) is 7.07. The summed E-state index contributed by atoms with van der Waals surface area (Å²) in [4.78, 5) is 10.6. The first-order chi connectivity index (χ1) is 9.64. The van der Waals surface area contributed by atoms with E-state index in [0.717, 1.165) is 25.3 Å². The van der Waals surface area contributed by atoms with E-state index in [4.69, 9.17) is 5.73 Å². The zero-order valence-electron chi connectivity index (χ0n) is 11.3. The summed E-state index contributed by atoms with van der Waals surface area (Å²) >= 11 is 0. The maximum absolute atomic E-state index is 13.6. The van der Waals surface area contributed by atoms with Crippen molar-refractivity contribution in [2.45, 2.75) is 10.8 Å². The molecule has 6 nitrogen and oxygen atoms in total. The third kappa shape index (κ3) is 4.83. The molecule has 3 N–H and O–H groups in total. The van der Waals surface area contributed by atoms with Crippen LogP contribution < -0.4 is 10.5 Å². The predicted molar refractivity (Wildman–Crippen MR) is 74.2 cm³/mol. The van der Waals surface area contributed by atoms with Crippen LogP contribution in [0.5, 0.6) is 0 Å². The molecule has 0 aliphatic carbocycles. The van der Waals surface area contributed by atoms with Crippen LogP contribution in [0.15, 0.2) is 23.1 Å². The van der Waals surface area contributed by atoms with Crippen LogP contribution in [0.4, 0.5) is 13.2 Å². The van der Waals surface area contributed by atoms with E-state index in [1.807, 2.05) is 0 Å². The van der Waals surface area contributed by atoms with E-state index >= 15 is 0 Å². The number of rotatable bonds is 6. The highest BCUT2D eigenvalue weighted by molar-refractivity contribution is 7.89. The van der Waals surface area contributed by atoms with Gasteiger partial charge < -0.3 is 10.5 Å². The third-order valence-electron chi connectivity index (χ3n) is 2.47. The third-order valence-corrected chi connectivity index (χ3v) is 3.92. The van der Waals surface area contributed by atoms with E-state index in [2.05, 4.69) is 4.74 Å². The van der Waals surface area contributed by atoms with E-state index in [0.29, 0.717) is 0 Å². The zero-order chi connectivity index (χ0) is 16.3. The first kappa shape index (κ1) is 20.6. The minimum Gasteiger partial charge on any atom is -0.465 e. The summed E-state index contributed by atoms with van der Waals surface area (Å²) in [5.41, 5.74) is 3.92. The minimum atomic E-state index is -4.54. The van der Waals surface area contributed by atoms with Crippen LogP contribution in [0.3, 0.4) is 0 Å². The number of carbonyl (C=O) groups excluding carboxylic acids is 1. The lowest BCUT2D eigenvalue weighted by Gasteiger charge is -2.16. The normalized spacial score (nSPS) is 11.7. The van der Waals surface area contributed by atoms with Crippen LogP contribution in [0, 0.1) is 5.82 Å². The van der Waals surface area contributed by atoms with E-state index < -0.39 is 51.3 Å². The van der Waals surface area contributed by atoms with Crippen molar-refractivity contribution < 1.29 is 31.1 Å². The van der Waals surface area contributed by atoms with Gasteiger partial charge in [-0.2, -0.15) is 0 Å². The fraction of sp³-hybridized carbons (Fsp3) is 0.364. The Morgan fingerprint density at radius 1 is 1.41 bits per heavy atom. The molecule has 0 amide bonds. The second kappa shape index (κ2) is 7.77. The van der Waals surface area contributed by atoms with Gasteiger partial charge in [0.1, 0.15) is 11.4 Å². The van der Waals surface area contributed by atoms with Gasteiger partial charge in [0.05, 0.1) is 25.1 Å². The van der Waals surface area contributed by atoms with Crippen LogP contribution >= 0.6 is 12.4 Å². The number of alkyl halides is 2. The molecule has 0 saturated carbocycles. The van der Waals surface area contributed by atoms with Crippen LogP contribution in [-0.2, 0) is 14.8 Å². The molecule has 1 aromatic rings. The molecule has 1 rings (SSSR count). The maximum Gasteiger partial charge on any atom is 0.342 e. The van der Waals surface area contributed by atoms with Gasteiger partial charge in [0.2, 0.25) is 10.0 Å². The lowest BCUT2D eigenvalue weighted by atomic mass is 10.2. The highest BCUT2D eigenvalue weighted by Gasteiger charge is 2.32. The molecule has 0 unspecified atom stereocenters. The van der Waals surface area contributed by atoms with Gasteiger partial charge in [-0.05, 0) is 12.1 Å². The fourth-order valence-electron chi connectivity index (χ4n) is 1.38. The van der Waals surface area contributed by atoms with Gasteiger partial charge in [-0.1, -0.05) is 6.07 Å². The molecule has 0 aliphatic rings. The summed E-state index contributed by atoms with van der Waals surface area (Å²) in [7, 11) is -3.61. The summed E-state index contributed by atoms with van der Waals surface area (Å²) < 4.78 is 69.3. The van der Waals surface area contributed by atoms with E-state index in [1.165, 1.54) is 0 Å². The minimum absolute atomic E-state index is 0. The lowest BCUT2D eigenvalue weighted by molar-refractivity contribution is 0.0170. The number of benzene rings is 1. The SMILES string of the molecule is COC(=O)c1c(F)cccc1S(=O)(=O)NCC(F)(F)CN.Cl. The Hall–Kier alpha value is -1.36. The fourth-order valence-corrected chi connectivity index (χ4v) is 2.64. The number of esters is 1. The smallest absolute Gasteiger partial charge is 0.342 e. The topological polar surface area (TPSA) is 98.5 Å². The number of nitrogens with two attached hydrogens (primary N) is 1. The first-order valence-electron chi connectivity index (χ1n) is 5.59. The van der Waals surface area contributed by atoms with Gasteiger partial charge in [-0.3, -0.25) is 0 Å². The Kier molecular flexibility index (Phi) is 7.29. The van der Waals surface area contributed by atoms with E-state index in [1.54, 1.807) is 4.72 Å². The number of methoxy groups -OCH3 is 1. The maximum atomic E-state index is 13.6. The Labute approximate surface area is 131 Å². The van der Waals surface area contributed by atoms with Crippen LogP contribution in [0.2, 0.25) is 0 Å². The monoisotopic (exact) mass is 362 g/mol. The summed E-state index contributed by atoms with van der Waals surface area (Å²) in [6.07, 6.45) is 0. The summed E-state index contributed by atoms with van der Waals surface area (Å²) in [5, 5.41) is 0. The number of sulfonamides is 1. The van der Waals surface area contributed by atoms with Crippen molar-refractivity contribution in [3.8, 4) is 0 Å². The molecule has 0 atom stereocenters. The molecular formula is C11H14ClF3N2O4S. The second-order valence-corrected chi connectivity index (χ2v) is 5.72. The van der Waals surface area contributed by atoms with Gasteiger partial charge in [-0.25, -0.2) is 31.1 Å². The van der Waals surface area contributed by atoms with Crippen molar-refractivity contribution in [3.63, 3.8) is 0 Å². The van der Waals surface area contributed by atoms with Gasteiger partial charge in [-0.15, -0.1) is 12.4 Å². The highest BCUT2D eigenvalue weighted by atomic mass is 35.5. The number of hydrogen-bond donors (Lipinski definition) is 2. The second-order valence-electron chi connectivity index (χ2n) is 3.99. The molecule has 0 spiro atoms. The average molecular weight is 363 g/mol. The van der Waals surface area contributed by atoms with E-state index in [-0.39, 0.29) is 12.4 Å². The quantitative estimate of drug-likeness (QED) is 0.733. The van der Waals surface area contributed by atoms with Crippen LogP contribution in [0.1, 0.15) is 10.4 Å². The molecule has 0 heterocycles. The molecule has 0 aliphatic heterocycles. The molecule has 0 saturated heterocycles. The van der Waals surface area contributed by atoms with Crippen molar-refractivity contribution >= 4 is 28.4 Å². The van der Waals surface area contributed by atoms with Gasteiger partial charge >= 0.3 is 5.97 Å². The number of nitrogens with one attached hydrogen (secondary N) is 1. The van der Waals surface area contributed by atoms with Crippen molar-refractivity contribution in [2.75, 3.05) is 20.2 Å². The molecular weight excluding hydrogens is 349 g/mol. The van der Waals surface area contributed by atoms with Gasteiger partial charge in [0.15, 0.2) is 0 Å². The number of carbonyl (C=O) groups is 1. The highest BCUT2D eigenvalue weighted by Crippen LogP contribution is 2.20. The Morgan fingerprint density at radius 2 is 2.00 bits per heavy atom. The molecule has 0 radical (unpaired) electrons. The molecule has 22 heavy (non-hydrogen) atoms. The summed E-state index contributed by atoms with van der Waals surface area (Å²) in [6, 6.07) is 2.77. The Morgan fingerprint density at radius 3 is 2.50 bits per heavy atom. The largest absolute Gasteiger partial charge is 0.465 e.